The standard InChI is InChI=1S/C19H27BrO4/c1-5-6-9-23-18(21)15-11-14(4)17(20)12-16(15)19(22)24-10-7-8-13(2)3/h11-13H,5-10H2,1-4H3. The van der Waals surface area contributed by atoms with E-state index in [0.717, 1.165) is 35.7 Å². The monoisotopic (exact) mass is 398 g/mol. The van der Waals surface area contributed by atoms with E-state index in [0.29, 0.717) is 19.1 Å². The van der Waals surface area contributed by atoms with Crippen molar-refractivity contribution in [1.29, 1.82) is 0 Å². The second-order valence-electron chi connectivity index (χ2n) is 6.31. The number of benzene rings is 1. The third-order valence-electron chi connectivity index (χ3n) is 3.63. The average Bonchev–Trinajstić information content (AvgIpc) is 2.53. The van der Waals surface area contributed by atoms with E-state index < -0.39 is 11.9 Å². The lowest BCUT2D eigenvalue weighted by molar-refractivity contribution is 0.0450. The minimum atomic E-state index is -0.484. The van der Waals surface area contributed by atoms with E-state index in [1.807, 2.05) is 13.8 Å². The topological polar surface area (TPSA) is 52.6 Å². The molecule has 24 heavy (non-hydrogen) atoms. The summed E-state index contributed by atoms with van der Waals surface area (Å²) in [6, 6.07) is 3.31. The summed E-state index contributed by atoms with van der Waals surface area (Å²) in [4.78, 5) is 24.6. The molecule has 4 nitrogen and oxygen atoms in total. The van der Waals surface area contributed by atoms with Crippen LogP contribution in [-0.2, 0) is 9.47 Å². The highest BCUT2D eigenvalue weighted by Gasteiger charge is 2.21. The van der Waals surface area contributed by atoms with Crippen LogP contribution in [0.1, 0.15) is 72.7 Å². The molecule has 1 aromatic rings. The van der Waals surface area contributed by atoms with Gasteiger partial charge in [-0.15, -0.1) is 0 Å². The minimum Gasteiger partial charge on any atom is -0.462 e. The molecule has 1 aromatic carbocycles. The largest absolute Gasteiger partial charge is 0.462 e. The molecule has 0 spiro atoms. The number of hydrogen-bond acceptors (Lipinski definition) is 4. The van der Waals surface area contributed by atoms with Gasteiger partial charge in [0.15, 0.2) is 0 Å². The molecule has 0 heterocycles. The van der Waals surface area contributed by atoms with Crippen molar-refractivity contribution in [2.45, 2.75) is 53.4 Å². The molecule has 0 bridgehead atoms. The predicted molar refractivity (Wildman–Crippen MR) is 98.4 cm³/mol. The van der Waals surface area contributed by atoms with Crippen LogP contribution in [0.5, 0.6) is 0 Å². The van der Waals surface area contributed by atoms with Crippen LogP contribution in [0.4, 0.5) is 0 Å². The molecule has 0 radical (unpaired) electrons. The lowest BCUT2D eigenvalue weighted by atomic mass is 10.0. The fourth-order valence-corrected chi connectivity index (χ4v) is 2.48. The summed E-state index contributed by atoms with van der Waals surface area (Å²) in [5.74, 6) is -0.392. The van der Waals surface area contributed by atoms with Gasteiger partial charge in [0.2, 0.25) is 0 Å². The molecule has 0 aliphatic rings. The predicted octanol–water partition coefficient (Wildman–Crippen LogP) is 5.31. The van der Waals surface area contributed by atoms with E-state index in [2.05, 4.69) is 29.8 Å². The summed E-state index contributed by atoms with van der Waals surface area (Å²) < 4.78 is 11.3. The number of carbonyl (C=O) groups is 2. The van der Waals surface area contributed by atoms with Gasteiger partial charge in [-0.1, -0.05) is 43.1 Å². The third-order valence-corrected chi connectivity index (χ3v) is 4.48. The first kappa shape index (κ1) is 20.7. The highest BCUT2D eigenvalue weighted by molar-refractivity contribution is 9.10. The van der Waals surface area contributed by atoms with Crippen molar-refractivity contribution in [3.63, 3.8) is 0 Å². The number of esters is 2. The molecule has 0 N–H and O–H groups in total. The molecule has 0 saturated carbocycles. The van der Waals surface area contributed by atoms with Crippen molar-refractivity contribution in [3.8, 4) is 0 Å². The summed E-state index contributed by atoms with van der Waals surface area (Å²) in [6.07, 6.45) is 3.55. The average molecular weight is 399 g/mol. The number of rotatable bonds is 9. The Kier molecular flexibility index (Phi) is 9.04. The molecule has 0 unspecified atom stereocenters. The summed E-state index contributed by atoms with van der Waals surface area (Å²) in [7, 11) is 0. The smallest absolute Gasteiger partial charge is 0.339 e. The Balaban J connectivity index is 2.85. The third kappa shape index (κ3) is 6.63. The van der Waals surface area contributed by atoms with Crippen molar-refractivity contribution >= 4 is 27.9 Å². The number of ether oxygens (including phenoxy) is 2. The molecule has 5 heteroatoms. The summed E-state index contributed by atoms with van der Waals surface area (Å²) in [5, 5.41) is 0. The summed E-state index contributed by atoms with van der Waals surface area (Å²) in [6.45, 7) is 8.86. The zero-order valence-electron chi connectivity index (χ0n) is 15.0. The van der Waals surface area contributed by atoms with Gasteiger partial charge in [-0.25, -0.2) is 9.59 Å². The zero-order valence-corrected chi connectivity index (χ0v) is 16.6. The number of carbonyl (C=O) groups excluding carboxylic acids is 2. The second-order valence-corrected chi connectivity index (χ2v) is 7.16. The van der Waals surface area contributed by atoms with Crippen molar-refractivity contribution in [3.05, 3.63) is 33.3 Å². The Morgan fingerprint density at radius 1 is 1.04 bits per heavy atom. The van der Waals surface area contributed by atoms with Crippen LogP contribution in [0.2, 0.25) is 0 Å². The van der Waals surface area contributed by atoms with Crippen LogP contribution in [0.3, 0.4) is 0 Å². The lowest BCUT2D eigenvalue weighted by Gasteiger charge is -2.12. The van der Waals surface area contributed by atoms with E-state index in [1.54, 1.807) is 12.1 Å². The molecule has 0 fully saturated rings. The fourth-order valence-electron chi connectivity index (χ4n) is 2.14. The highest BCUT2D eigenvalue weighted by Crippen LogP contribution is 2.23. The van der Waals surface area contributed by atoms with Crippen LogP contribution < -0.4 is 0 Å². The van der Waals surface area contributed by atoms with Crippen molar-refractivity contribution in [2.75, 3.05) is 13.2 Å². The maximum Gasteiger partial charge on any atom is 0.339 e. The highest BCUT2D eigenvalue weighted by atomic mass is 79.9. The van der Waals surface area contributed by atoms with Crippen LogP contribution in [0.25, 0.3) is 0 Å². The van der Waals surface area contributed by atoms with Crippen molar-refractivity contribution in [1.82, 2.24) is 0 Å². The molecular weight excluding hydrogens is 372 g/mol. The molecule has 0 aliphatic heterocycles. The normalized spacial score (nSPS) is 10.8. The van der Waals surface area contributed by atoms with E-state index in [9.17, 15) is 9.59 Å². The lowest BCUT2D eigenvalue weighted by Crippen LogP contribution is -2.16. The van der Waals surface area contributed by atoms with Gasteiger partial charge in [-0.2, -0.15) is 0 Å². The SMILES string of the molecule is CCCCOC(=O)c1cc(C)c(Br)cc1C(=O)OCCCC(C)C. The van der Waals surface area contributed by atoms with Crippen LogP contribution in [0.15, 0.2) is 16.6 Å². The van der Waals surface area contributed by atoms with E-state index in [-0.39, 0.29) is 11.1 Å². The van der Waals surface area contributed by atoms with Gasteiger partial charge in [0.05, 0.1) is 24.3 Å². The molecule has 0 aromatic heterocycles. The molecule has 1 rings (SSSR count). The maximum absolute atomic E-state index is 12.4. The molecule has 0 amide bonds. The first-order chi connectivity index (χ1) is 11.4. The minimum absolute atomic E-state index is 0.249. The van der Waals surface area contributed by atoms with Gasteiger partial charge < -0.3 is 9.47 Å². The van der Waals surface area contributed by atoms with Crippen LogP contribution in [0, 0.1) is 12.8 Å². The van der Waals surface area contributed by atoms with Crippen molar-refractivity contribution in [2.24, 2.45) is 5.92 Å². The van der Waals surface area contributed by atoms with Gasteiger partial charge in [0.1, 0.15) is 0 Å². The quantitative estimate of drug-likeness (QED) is 0.417. The van der Waals surface area contributed by atoms with Gasteiger partial charge in [-0.3, -0.25) is 0 Å². The van der Waals surface area contributed by atoms with E-state index in [1.165, 1.54) is 0 Å². The Labute approximate surface area is 153 Å². The fraction of sp³-hybridized carbons (Fsp3) is 0.579. The second kappa shape index (κ2) is 10.5. The van der Waals surface area contributed by atoms with Crippen LogP contribution >= 0.6 is 15.9 Å². The summed E-state index contributed by atoms with van der Waals surface area (Å²) >= 11 is 3.40. The zero-order chi connectivity index (χ0) is 18.1. The maximum atomic E-state index is 12.4. The van der Waals surface area contributed by atoms with E-state index in [4.69, 9.17) is 9.47 Å². The Morgan fingerprint density at radius 3 is 2.12 bits per heavy atom. The molecular formula is C19H27BrO4. The number of aryl methyl sites for hydroxylation is 1. The number of hydrogen-bond donors (Lipinski definition) is 0. The molecule has 0 saturated heterocycles. The van der Waals surface area contributed by atoms with Gasteiger partial charge in [0, 0.05) is 4.47 Å². The van der Waals surface area contributed by atoms with Gasteiger partial charge >= 0.3 is 11.9 Å². The Bertz CT molecular complexity index is 567. The Hall–Kier alpha value is -1.36. The molecule has 134 valence electrons. The molecule has 0 atom stereocenters. The van der Waals surface area contributed by atoms with Gasteiger partial charge in [-0.05, 0) is 49.8 Å². The van der Waals surface area contributed by atoms with Crippen molar-refractivity contribution < 1.29 is 19.1 Å². The molecule has 0 aliphatic carbocycles. The Morgan fingerprint density at radius 2 is 1.58 bits per heavy atom. The number of halogens is 1. The van der Waals surface area contributed by atoms with Gasteiger partial charge in [0.25, 0.3) is 0 Å². The summed E-state index contributed by atoms with van der Waals surface area (Å²) in [5.41, 5.74) is 1.38. The van der Waals surface area contributed by atoms with Crippen LogP contribution in [-0.4, -0.2) is 25.2 Å². The number of unbranched alkanes of at least 4 members (excludes halogenated alkanes) is 1. The first-order valence-corrected chi connectivity index (χ1v) is 9.30. The first-order valence-electron chi connectivity index (χ1n) is 8.51. The van der Waals surface area contributed by atoms with E-state index >= 15 is 0 Å².